The van der Waals surface area contributed by atoms with Crippen molar-refractivity contribution in [2.75, 3.05) is 7.11 Å². The van der Waals surface area contributed by atoms with Gasteiger partial charge in [0.15, 0.2) is 6.10 Å². The maximum atomic E-state index is 10.6. The summed E-state index contributed by atoms with van der Waals surface area (Å²) >= 11 is 0. The fourth-order valence-electron chi connectivity index (χ4n) is 6.78. The highest BCUT2D eigenvalue weighted by Crippen LogP contribution is 2.35. The number of hydrogen-bond donors (Lipinski definition) is 1. The molecule has 0 radical (unpaired) electrons. The topological polar surface area (TPSA) is 39.3 Å². The molecule has 0 aliphatic rings. The molecular formula is C45H34N2O2. The second-order valence-electron chi connectivity index (χ2n) is 12.7. The van der Waals surface area contributed by atoms with Crippen molar-refractivity contribution in [3.63, 3.8) is 0 Å². The van der Waals surface area contributed by atoms with Crippen LogP contribution in [0.4, 0.5) is 0 Å². The van der Waals surface area contributed by atoms with Gasteiger partial charge in [-0.1, -0.05) is 58.6 Å². The molecule has 1 N–H and O–H groups in total. The zero-order chi connectivity index (χ0) is 33.6. The molecule has 0 aliphatic heterocycles. The number of aliphatic hydroxyl groups excluding tert-OH is 1. The fourth-order valence-corrected chi connectivity index (χ4v) is 6.78. The molecule has 8 rings (SSSR count). The Morgan fingerprint density at radius 3 is 1.24 bits per heavy atom. The monoisotopic (exact) mass is 634 g/mol. The number of fused-ring (bicyclic) bond motifs is 6. The van der Waals surface area contributed by atoms with Crippen LogP contribution < -0.4 is 4.74 Å². The second kappa shape index (κ2) is 12.1. The van der Waals surface area contributed by atoms with E-state index in [4.69, 9.17) is 4.74 Å². The molecule has 49 heavy (non-hydrogen) atoms. The largest absolute Gasteiger partial charge is 0.497 e. The maximum absolute atomic E-state index is 10.6. The fraction of sp³-hybridized carbons (Fsp3) is 0.111. The van der Waals surface area contributed by atoms with E-state index in [1.807, 2.05) is 30.3 Å². The van der Waals surface area contributed by atoms with E-state index in [0.717, 1.165) is 44.7 Å². The average molecular weight is 635 g/mol. The molecule has 2 heterocycles. The van der Waals surface area contributed by atoms with Crippen molar-refractivity contribution in [2.24, 2.45) is 0 Å². The van der Waals surface area contributed by atoms with Gasteiger partial charge in [-0.3, -0.25) is 0 Å². The van der Waals surface area contributed by atoms with E-state index in [-0.39, 0.29) is 0 Å². The van der Waals surface area contributed by atoms with Crippen molar-refractivity contribution in [2.45, 2.75) is 26.9 Å². The summed E-state index contributed by atoms with van der Waals surface area (Å²) in [6, 6.07) is 42.2. The van der Waals surface area contributed by atoms with Crippen LogP contribution in [0.2, 0.25) is 0 Å². The minimum absolute atomic E-state index is 0.809. The van der Waals surface area contributed by atoms with Gasteiger partial charge >= 0.3 is 0 Å². The Morgan fingerprint density at radius 2 is 0.857 bits per heavy atom. The smallest absolute Gasteiger partial charge is 0.177 e. The molecule has 8 aromatic rings. The number of hydrogen-bond acceptors (Lipinski definition) is 2. The Morgan fingerprint density at radius 1 is 0.490 bits per heavy atom. The Balaban J connectivity index is 1.03. The van der Waals surface area contributed by atoms with E-state index in [9.17, 15) is 5.11 Å². The van der Waals surface area contributed by atoms with Crippen molar-refractivity contribution in [1.29, 1.82) is 0 Å². The molecule has 4 heteroatoms. The van der Waals surface area contributed by atoms with Gasteiger partial charge in [0.1, 0.15) is 5.75 Å². The lowest BCUT2D eigenvalue weighted by atomic mass is 10.1. The van der Waals surface area contributed by atoms with Crippen LogP contribution in [0.1, 0.15) is 27.8 Å². The Labute approximate surface area is 285 Å². The van der Waals surface area contributed by atoms with E-state index in [1.165, 1.54) is 43.9 Å². The molecular weight excluding hydrogens is 601 g/mol. The molecule has 1 atom stereocenters. The Kier molecular flexibility index (Phi) is 7.45. The SMILES string of the molecule is COc1ccc2c(c1)c1cc(C)ccc1n2-c1ccc(C#CC(O)C#Cc2ccc(-n3c4ccc(C)cc4c4cc(C)ccc43)cc2)cc1. The average Bonchev–Trinajstić information content (AvgIpc) is 3.61. The summed E-state index contributed by atoms with van der Waals surface area (Å²) in [7, 11) is 1.69. The van der Waals surface area contributed by atoms with Gasteiger partial charge in [0, 0.05) is 44.0 Å². The molecule has 0 spiro atoms. The molecule has 4 nitrogen and oxygen atoms in total. The highest BCUT2D eigenvalue weighted by molar-refractivity contribution is 6.10. The van der Waals surface area contributed by atoms with Crippen molar-refractivity contribution in [3.05, 3.63) is 149 Å². The van der Waals surface area contributed by atoms with E-state index < -0.39 is 6.10 Å². The first-order chi connectivity index (χ1) is 23.9. The zero-order valence-corrected chi connectivity index (χ0v) is 27.9. The maximum Gasteiger partial charge on any atom is 0.177 e. The lowest BCUT2D eigenvalue weighted by Crippen LogP contribution is -1.98. The molecule has 6 aromatic carbocycles. The number of ether oxygens (including phenoxy) is 1. The van der Waals surface area contributed by atoms with Crippen molar-refractivity contribution < 1.29 is 9.84 Å². The van der Waals surface area contributed by atoms with Gasteiger partial charge in [0.05, 0.1) is 29.2 Å². The summed E-state index contributed by atoms with van der Waals surface area (Å²) in [6.45, 7) is 6.38. The van der Waals surface area contributed by atoms with Crippen molar-refractivity contribution in [1.82, 2.24) is 9.13 Å². The first kappa shape index (κ1) is 30.2. The van der Waals surface area contributed by atoms with E-state index >= 15 is 0 Å². The van der Waals surface area contributed by atoms with Crippen LogP contribution in [-0.4, -0.2) is 27.5 Å². The second-order valence-corrected chi connectivity index (χ2v) is 12.7. The molecule has 0 saturated heterocycles. The van der Waals surface area contributed by atoms with Crippen molar-refractivity contribution in [3.8, 4) is 40.8 Å². The third-order valence-corrected chi connectivity index (χ3v) is 9.16. The first-order valence-corrected chi connectivity index (χ1v) is 16.4. The van der Waals surface area contributed by atoms with Gasteiger partial charge in [0.2, 0.25) is 0 Å². The summed E-state index contributed by atoms with van der Waals surface area (Å²) in [5.74, 6) is 12.8. The molecule has 1 unspecified atom stereocenters. The van der Waals surface area contributed by atoms with Crippen LogP contribution in [0, 0.1) is 44.5 Å². The van der Waals surface area contributed by atoms with Gasteiger partial charge in [-0.25, -0.2) is 0 Å². The van der Waals surface area contributed by atoms with Crippen LogP contribution in [-0.2, 0) is 0 Å². The predicted molar refractivity (Wildman–Crippen MR) is 202 cm³/mol. The molecule has 0 amide bonds. The first-order valence-electron chi connectivity index (χ1n) is 16.4. The van der Waals surface area contributed by atoms with E-state index in [1.54, 1.807) is 7.11 Å². The quantitative estimate of drug-likeness (QED) is 0.197. The minimum atomic E-state index is -1.07. The lowest BCUT2D eigenvalue weighted by Gasteiger charge is -2.08. The number of aromatic nitrogens is 2. The number of aryl methyl sites for hydroxylation is 3. The van der Waals surface area contributed by atoms with Gasteiger partial charge in [-0.2, -0.15) is 0 Å². The van der Waals surface area contributed by atoms with Crippen LogP contribution in [0.5, 0.6) is 5.75 Å². The standard InChI is InChI=1S/C45H34N2O2/c1-29-5-21-42-38(25-29)39-26-30(2)6-22-43(39)46(42)34-14-8-32(9-15-34)12-18-36(48)19-13-33-10-16-35(17-11-33)47-44-23-7-31(3)27-40(44)41-28-37(49-4)20-24-45(41)47/h5-11,14-17,20-28,36,48H,1-4H3. The molecule has 0 fully saturated rings. The summed E-state index contributed by atoms with van der Waals surface area (Å²) in [5.41, 5.74) is 12.0. The zero-order valence-electron chi connectivity index (χ0n) is 27.9. The molecule has 236 valence electrons. The van der Waals surface area contributed by atoms with E-state index in [0.29, 0.717) is 0 Å². The number of aliphatic hydroxyl groups is 1. The normalized spacial score (nSPS) is 11.8. The van der Waals surface area contributed by atoms with Gasteiger partial charge in [-0.05, 0) is 124 Å². The highest BCUT2D eigenvalue weighted by atomic mass is 16.5. The molecule has 0 aliphatic carbocycles. The Bertz CT molecular complexity index is 2630. The highest BCUT2D eigenvalue weighted by Gasteiger charge is 2.14. The summed E-state index contributed by atoms with van der Waals surface area (Å²) in [4.78, 5) is 0. The minimum Gasteiger partial charge on any atom is -0.497 e. The summed E-state index contributed by atoms with van der Waals surface area (Å²) in [6.07, 6.45) is -1.07. The van der Waals surface area contributed by atoms with E-state index in [2.05, 4.69) is 145 Å². The third-order valence-electron chi connectivity index (χ3n) is 9.16. The van der Waals surface area contributed by atoms with Crippen molar-refractivity contribution >= 4 is 43.6 Å². The van der Waals surface area contributed by atoms with Gasteiger partial charge < -0.3 is 19.0 Å². The number of rotatable bonds is 3. The van der Waals surface area contributed by atoms with Crippen LogP contribution >= 0.6 is 0 Å². The molecule has 0 saturated carbocycles. The van der Waals surface area contributed by atoms with Crippen LogP contribution in [0.15, 0.2) is 121 Å². The number of benzene rings is 6. The lowest BCUT2D eigenvalue weighted by molar-refractivity contribution is 0.289. The van der Waals surface area contributed by atoms with Gasteiger partial charge in [-0.15, -0.1) is 0 Å². The number of nitrogens with zero attached hydrogens (tertiary/aromatic N) is 2. The third kappa shape index (κ3) is 5.49. The summed E-state index contributed by atoms with van der Waals surface area (Å²) in [5, 5.41) is 15.4. The number of methoxy groups -OCH3 is 1. The summed E-state index contributed by atoms with van der Waals surface area (Å²) < 4.78 is 10.1. The van der Waals surface area contributed by atoms with Crippen LogP contribution in [0.3, 0.4) is 0 Å². The molecule has 2 aromatic heterocycles. The predicted octanol–water partition coefficient (Wildman–Crippen LogP) is 9.58. The molecule has 0 bridgehead atoms. The Hall–Kier alpha value is -6.20. The van der Waals surface area contributed by atoms with Crippen LogP contribution in [0.25, 0.3) is 55.0 Å². The van der Waals surface area contributed by atoms with Gasteiger partial charge in [0.25, 0.3) is 0 Å².